The molecule has 0 bridgehead atoms. The van der Waals surface area contributed by atoms with Gasteiger partial charge in [-0.2, -0.15) is 0 Å². The average molecular weight is 168 g/mol. The second-order valence-corrected chi connectivity index (χ2v) is 2.51. The molecular formula is C8H12N2O2. The highest BCUT2D eigenvalue weighted by Crippen LogP contribution is 2.07. The van der Waals surface area contributed by atoms with E-state index in [-0.39, 0.29) is 0 Å². The molecule has 66 valence electrons. The fourth-order valence-corrected chi connectivity index (χ4v) is 0.926. The molecule has 1 N–H and O–H groups in total. The van der Waals surface area contributed by atoms with Gasteiger partial charge >= 0.3 is 6.09 Å². The van der Waals surface area contributed by atoms with Crippen molar-refractivity contribution in [2.45, 2.75) is 19.3 Å². The molecule has 1 amide bonds. The van der Waals surface area contributed by atoms with Crippen LogP contribution in [0.5, 0.6) is 0 Å². The molecular weight excluding hydrogens is 156 g/mol. The Balaban J connectivity index is 2.40. The second kappa shape index (κ2) is 4.54. The molecule has 0 saturated carbocycles. The van der Waals surface area contributed by atoms with Crippen molar-refractivity contribution in [2.24, 2.45) is 5.16 Å². The molecule has 0 radical (unpaired) electrons. The van der Waals surface area contributed by atoms with Crippen molar-refractivity contribution >= 4 is 11.8 Å². The number of nitrogens with zero attached hydrogens (tertiary/aromatic N) is 1. The molecule has 0 saturated heterocycles. The first-order valence-electron chi connectivity index (χ1n) is 3.95. The number of carbonyl (C=O) groups excluding carboxylic acids is 1. The second-order valence-electron chi connectivity index (χ2n) is 2.51. The third kappa shape index (κ3) is 2.74. The number of hydrogen-bond acceptors (Lipinski definition) is 3. The fourth-order valence-electron chi connectivity index (χ4n) is 0.926. The average Bonchev–Trinajstić information content (AvgIpc) is 2.16. The summed E-state index contributed by atoms with van der Waals surface area (Å²) in [6, 6.07) is 0. The molecule has 0 fully saturated rings. The lowest BCUT2D eigenvalue weighted by Crippen LogP contribution is -2.17. The van der Waals surface area contributed by atoms with Crippen LogP contribution in [-0.2, 0) is 4.84 Å². The van der Waals surface area contributed by atoms with Gasteiger partial charge in [-0.05, 0) is 25.3 Å². The van der Waals surface area contributed by atoms with Crippen molar-refractivity contribution in [1.82, 2.24) is 5.32 Å². The van der Waals surface area contributed by atoms with Gasteiger partial charge in [0.15, 0.2) is 0 Å². The molecule has 0 aromatic rings. The van der Waals surface area contributed by atoms with Crippen molar-refractivity contribution in [1.29, 1.82) is 0 Å². The van der Waals surface area contributed by atoms with Gasteiger partial charge in [-0.25, -0.2) is 4.79 Å². The zero-order chi connectivity index (χ0) is 8.81. The molecule has 0 aromatic heterocycles. The van der Waals surface area contributed by atoms with E-state index in [2.05, 4.69) is 15.3 Å². The van der Waals surface area contributed by atoms with Crippen LogP contribution < -0.4 is 5.32 Å². The Morgan fingerprint density at radius 1 is 1.75 bits per heavy atom. The van der Waals surface area contributed by atoms with Gasteiger partial charge in [0.2, 0.25) is 0 Å². The van der Waals surface area contributed by atoms with E-state index in [1.54, 1.807) is 0 Å². The van der Waals surface area contributed by atoms with E-state index in [0.717, 1.165) is 25.0 Å². The van der Waals surface area contributed by atoms with Crippen LogP contribution in [0.1, 0.15) is 19.3 Å². The van der Waals surface area contributed by atoms with E-state index < -0.39 is 6.09 Å². The van der Waals surface area contributed by atoms with E-state index in [4.69, 9.17) is 0 Å². The van der Waals surface area contributed by atoms with Crippen LogP contribution in [0.25, 0.3) is 0 Å². The quantitative estimate of drug-likeness (QED) is 0.475. The number of nitrogens with one attached hydrogen (secondary N) is 1. The Bertz CT molecular complexity index is 221. The van der Waals surface area contributed by atoms with Gasteiger partial charge < -0.3 is 5.32 Å². The molecule has 0 unspecified atom stereocenters. The summed E-state index contributed by atoms with van der Waals surface area (Å²) in [4.78, 5) is 15.1. The topological polar surface area (TPSA) is 50.7 Å². The highest BCUT2D eigenvalue weighted by Gasteiger charge is 2.02. The standard InChI is InChI=1S/C8H12N2O2/c1-9-8(11)12-10-7-5-3-2-4-6-7/h3,5H,2,4,6H2,1H3,(H,9,11)/b10-7+. The molecule has 4 nitrogen and oxygen atoms in total. The Morgan fingerprint density at radius 3 is 3.17 bits per heavy atom. The maximum Gasteiger partial charge on any atom is 0.433 e. The Hall–Kier alpha value is -1.32. The molecule has 1 aliphatic carbocycles. The SMILES string of the molecule is CNC(=O)O/N=C1\C=CCCC1. The molecule has 1 aliphatic rings. The largest absolute Gasteiger partial charge is 0.433 e. The third-order valence-corrected chi connectivity index (χ3v) is 1.56. The maximum absolute atomic E-state index is 10.6. The lowest BCUT2D eigenvalue weighted by atomic mass is 10.1. The Kier molecular flexibility index (Phi) is 3.32. The van der Waals surface area contributed by atoms with E-state index in [0.29, 0.717) is 0 Å². The van der Waals surface area contributed by atoms with Gasteiger partial charge in [-0.15, -0.1) is 0 Å². The number of oxime groups is 1. The van der Waals surface area contributed by atoms with Crippen molar-refractivity contribution in [2.75, 3.05) is 7.05 Å². The minimum atomic E-state index is -0.526. The van der Waals surface area contributed by atoms with Crippen LogP contribution in [0.2, 0.25) is 0 Å². The monoisotopic (exact) mass is 168 g/mol. The van der Waals surface area contributed by atoms with Gasteiger partial charge in [0.05, 0.1) is 5.71 Å². The van der Waals surface area contributed by atoms with Crippen molar-refractivity contribution in [3.05, 3.63) is 12.2 Å². The molecule has 1 rings (SSSR count). The number of hydrogen-bond donors (Lipinski definition) is 1. The Labute approximate surface area is 71.3 Å². The first kappa shape index (κ1) is 8.77. The van der Waals surface area contributed by atoms with Crippen LogP contribution >= 0.6 is 0 Å². The highest BCUT2D eigenvalue weighted by molar-refractivity contribution is 5.95. The van der Waals surface area contributed by atoms with E-state index in [1.165, 1.54) is 7.05 Å². The lowest BCUT2D eigenvalue weighted by Gasteiger charge is -2.04. The molecule has 4 heteroatoms. The fraction of sp³-hybridized carbons (Fsp3) is 0.500. The summed E-state index contributed by atoms with van der Waals surface area (Å²) in [5.41, 5.74) is 0.824. The van der Waals surface area contributed by atoms with E-state index in [9.17, 15) is 4.79 Å². The van der Waals surface area contributed by atoms with Gasteiger partial charge in [-0.1, -0.05) is 11.2 Å². The number of allylic oxidation sites excluding steroid dienone is 2. The van der Waals surface area contributed by atoms with Crippen LogP contribution in [0.4, 0.5) is 4.79 Å². The Morgan fingerprint density at radius 2 is 2.58 bits per heavy atom. The molecule has 0 aromatic carbocycles. The first-order chi connectivity index (χ1) is 5.83. The predicted molar refractivity (Wildman–Crippen MR) is 46.0 cm³/mol. The van der Waals surface area contributed by atoms with Gasteiger partial charge in [0.25, 0.3) is 0 Å². The summed E-state index contributed by atoms with van der Waals surface area (Å²) in [6.45, 7) is 0. The van der Waals surface area contributed by atoms with Crippen LogP contribution in [0.3, 0.4) is 0 Å². The van der Waals surface area contributed by atoms with Crippen LogP contribution in [0, 0.1) is 0 Å². The summed E-state index contributed by atoms with van der Waals surface area (Å²) in [6.07, 6.45) is 6.42. The van der Waals surface area contributed by atoms with E-state index in [1.807, 2.05) is 12.2 Å². The first-order valence-corrected chi connectivity index (χ1v) is 3.95. The van der Waals surface area contributed by atoms with Crippen molar-refractivity contribution < 1.29 is 9.63 Å². The molecule has 12 heavy (non-hydrogen) atoms. The zero-order valence-corrected chi connectivity index (χ0v) is 7.04. The number of amides is 1. The number of carbonyl (C=O) groups is 1. The van der Waals surface area contributed by atoms with Gasteiger partial charge in [-0.3, -0.25) is 4.84 Å². The minimum absolute atomic E-state index is 0.526. The zero-order valence-electron chi connectivity index (χ0n) is 7.04. The molecule has 0 heterocycles. The minimum Gasteiger partial charge on any atom is -0.323 e. The molecule has 0 atom stereocenters. The van der Waals surface area contributed by atoms with Crippen LogP contribution in [-0.4, -0.2) is 18.9 Å². The summed E-state index contributed by atoms with van der Waals surface area (Å²) < 4.78 is 0. The molecule has 0 aliphatic heterocycles. The summed E-state index contributed by atoms with van der Waals surface area (Å²) in [5.74, 6) is 0. The van der Waals surface area contributed by atoms with Crippen LogP contribution in [0.15, 0.2) is 17.3 Å². The smallest absolute Gasteiger partial charge is 0.323 e. The third-order valence-electron chi connectivity index (χ3n) is 1.56. The van der Waals surface area contributed by atoms with Crippen molar-refractivity contribution in [3.63, 3.8) is 0 Å². The van der Waals surface area contributed by atoms with Gasteiger partial charge in [0, 0.05) is 7.05 Å². The van der Waals surface area contributed by atoms with Gasteiger partial charge in [0.1, 0.15) is 0 Å². The summed E-state index contributed by atoms with van der Waals surface area (Å²) in [5, 5.41) is 5.98. The highest BCUT2D eigenvalue weighted by atomic mass is 16.7. The summed E-state index contributed by atoms with van der Waals surface area (Å²) >= 11 is 0. The predicted octanol–water partition coefficient (Wildman–Crippen LogP) is 1.44. The lowest BCUT2D eigenvalue weighted by molar-refractivity contribution is 0.153. The normalized spacial score (nSPS) is 19.2. The molecule has 0 spiro atoms. The van der Waals surface area contributed by atoms with Crippen molar-refractivity contribution in [3.8, 4) is 0 Å². The number of rotatable bonds is 1. The van der Waals surface area contributed by atoms with E-state index >= 15 is 0 Å². The maximum atomic E-state index is 10.6. The summed E-state index contributed by atoms with van der Waals surface area (Å²) in [7, 11) is 1.50.